The summed E-state index contributed by atoms with van der Waals surface area (Å²) >= 11 is 1.55. The van der Waals surface area contributed by atoms with Gasteiger partial charge in [-0.05, 0) is 13.8 Å². The van der Waals surface area contributed by atoms with Crippen molar-refractivity contribution in [3.05, 3.63) is 35.7 Å². The molecule has 1 heterocycles. The predicted molar refractivity (Wildman–Crippen MR) is 72.3 cm³/mol. The van der Waals surface area contributed by atoms with Crippen LogP contribution in [-0.4, -0.2) is 22.2 Å². The lowest BCUT2D eigenvalue weighted by atomic mass is 10.1. The molecule has 2 rings (SSSR count). The molecule has 0 radical (unpaired) electrons. The lowest BCUT2D eigenvalue weighted by molar-refractivity contribution is 0.0945. The van der Waals surface area contributed by atoms with Gasteiger partial charge in [-0.25, -0.2) is 4.98 Å². The number of aromatic nitrogens is 1. The van der Waals surface area contributed by atoms with Crippen LogP contribution >= 0.6 is 11.3 Å². The van der Waals surface area contributed by atoms with Gasteiger partial charge in [0.25, 0.3) is 0 Å². The highest BCUT2D eigenvalue weighted by Crippen LogP contribution is 2.24. The largest absolute Gasteiger partial charge is 0.389 e. The summed E-state index contributed by atoms with van der Waals surface area (Å²) < 4.78 is 0. The van der Waals surface area contributed by atoms with Gasteiger partial charge in [0.2, 0.25) is 0 Å². The van der Waals surface area contributed by atoms with E-state index in [0.717, 1.165) is 16.4 Å². The van der Waals surface area contributed by atoms with Crippen LogP contribution in [-0.2, 0) is 0 Å². The molecule has 1 aromatic heterocycles. The molecule has 0 atom stereocenters. The number of nitrogens with one attached hydrogen (secondary N) is 1. The smallest absolute Gasteiger partial charge is 0.183 e. The van der Waals surface area contributed by atoms with Crippen LogP contribution in [0.4, 0.5) is 5.13 Å². The maximum atomic E-state index is 9.62. The summed E-state index contributed by atoms with van der Waals surface area (Å²) in [6.07, 6.45) is 0. The van der Waals surface area contributed by atoms with Gasteiger partial charge in [0, 0.05) is 17.5 Å². The van der Waals surface area contributed by atoms with Crippen molar-refractivity contribution >= 4 is 16.5 Å². The Morgan fingerprint density at radius 2 is 2.00 bits per heavy atom. The molecule has 0 amide bonds. The molecule has 0 bridgehead atoms. The minimum absolute atomic E-state index is 0.495. The zero-order valence-corrected chi connectivity index (χ0v) is 10.8. The Bertz CT molecular complexity index is 474. The summed E-state index contributed by atoms with van der Waals surface area (Å²) in [5.41, 5.74) is 1.35. The first-order valence-electron chi connectivity index (χ1n) is 5.52. The maximum Gasteiger partial charge on any atom is 0.183 e. The average Bonchev–Trinajstić information content (AvgIpc) is 2.75. The van der Waals surface area contributed by atoms with Crippen molar-refractivity contribution in [3.8, 4) is 11.3 Å². The Balaban J connectivity index is 2.07. The second-order valence-corrected chi connectivity index (χ2v) is 5.43. The summed E-state index contributed by atoms with van der Waals surface area (Å²) in [4.78, 5) is 4.48. The van der Waals surface area contributed by atoms with Crippen LogP contribution in [0, 0.1) is 0 Å². The van der Waals surface area contributed by atoms with Crippen molar-refractivity contribution in [2.24, 2.45) is 0 Å². The molecule has 0 saturated heterocycles. The second kappa shape index (κ2) is 4.85. The number of aliphatic hydroxyl groups is 1. The first kappa shape index (κ1) is 12.1. The molecule has 3 nitrogen and oxygen atoms in total. The Morgan fingerprint density at radius 3 is 2.65 bits per heavy atom. The Morgan fingerprint density at radius 1 is 1.29 bits per heavy atom. The molecule has 17 heavy (non-hydrogen) atoms. The third-order valence-corrected chi connectivity index (χ3v) is 3.05. The highest BCUT2D eigenvalue weighted by molar-refractivity contribution is 7.14. The lowest BCUT2D eigenvalue weighted by Gasteiger charge is -2.16. The minimum atomic E-state index is -0.724. The molecule has 0 unspecified atom stereocenters. The van der Waals surface area contributed by atoms with Crippen LogP contribution in [0.1, 0.15) is 13.8 Å². The second-order valence-electron chi connectivity index (χ2n) is 4.57. The van der Waals surface area contributed by atoms with Crippen molar-refractivity contribution in [3.63, 3.8) is 0 Å². The van der Waals surface area contributed by atoms with E-state index >= 15 is 0 Å². The van der Waals surface area contributed by atoms with E-state index in [1.54, 1.807) is 25.2 Å². The Hall–Kier alpha value is -1.39. The van der Waals surface area contributed by atoms with Crippen LogP contribution in [0.25, 0.3) is 11.3 Å². The van der Waals surface area contributed by atoms with Gasteiger partial charge in [-0.15, -0.1) is 11.3 Å². The highest BCUT2D eigenvalue weighted by Gasteiger charge is 2.13. The first-order chi connectivity index (χ1) is 8.04. The van der Waals surface area contributed by atoms with E-state index < -0.39 is 5.60 Å². The number of nitrogens with zero attached hydrogens (tertiary/aromatic N) is 1. The molecule has 0 fully saturated rings. The van der Waals surface area contributed by atoms with Crippen LogP contribution < -0.4 is 5.32 Å². The average molecular weight is 248 g/mol. The molecule has 0 aliphatic carbocycles. The topological polar surface area (TPSA) is 45.1 Å². The molecule has 2 N–H and O–H groups in total. The van der Waals surface area contributed by atoms with E-state index in [1.807, 2.05) is 35.7 Å². The molecule has 90 valence electrons. The van der Waals surface area contributed by atoms with Crippen LogP contribution in [0.2, 0.25) is 0 Å². The third-order valence-electron chi connectivity index (χ3n) is 2.25. The van der Waals surface area contributed by atoms with Gasteiger partial charge in [-0.1, -0.05) is 30.3 Å². The summed E-state index contributed by atoms with van der Waals surface area (Å²) in [6, 6.07) is 10.1. The fourth-order valence-electron chi connectivity index (χ4n) is 1.39. The minimum Gasteiger partial charge on any atom is -0.389 e. The van der Waals surface area contributed by atoms with E-state index in [4.69, 9.17) is 0 Å². The van der Waals surface area contributed by atoms with Gasteiger partial charge in [0.1, 0.15) is 0 Å². The zero-order chi connectivity index (χ0) is 12.3. The normalized spacial score (nSPS) is 11.5. The number of hydrogen-bond acceptors (Lipinski definition) is 4. The van der Waals surface area contributed by atoms with Crippen molar-refractivity contribution in [1.82, 2.24) is 4.98 Å². The van der Waals surface area contributed by atoms with E-state index in [-0.39, 0.29) is 0 Å². The van der Waals surface area contributed by atoms with Crippen LogP contribution in [0.3, 0.4) is 0 Å². The van der Waals surface area contributed by atoms with Gasteiger partial charge < -0.3 is 10.4 Å². The van der Waals surface area contributed by atoms with Crippen LogP contribution in [0.5, 0.6) is 0 Å². The highest BCUT2D eigenvalue weighted by atomic mass is 32.1. The summed E-state index contributed by atoms with van der Waals surface area (Å²) in [6.45, 7) is 4.03. The van der Waals surface area contributed by atoms with Crippen molar-refractivity contribution in [1.29, 1.82) is 0 Å². The van der Waals surface area contributed by atoms with Gasteiger partial charge in [0.05, 0.1) is 11.3 Å². The van der Waals surface area contributed by atoms with Crippen molar-refractivity contribution < 1.29 is 5.11 Å². The Kier molecular flexibility index (Phi) is 3.45. The number of anilines is 1. The summed E-state index contributed by atoms with van der Waals surface area (Å²) in [5.74, 6) is 0. The van der Waals surface area contributed by atoms with E-state index in [2.05, 4.69) is 10.3 Å². The molecule has 4 heteroatoms. The Labute approximate surface area is 105 Å². The molecule has 0 aliphatic heterocycles. The van der Waals surface area contributed by atoms with E-state index in [9.17, 15) is 5.11 Å². The molecular weight excluding hydrogens is 232 g/mol. The van der Waals surface area contributed by atoms with Gasteiger partial charge in [-0.3, -0.25) is 0 Å². The number of thiazole rings is 1. The zero-order valence-electron chi connectivity index (χ0n) is 9.97. The maximum absolute atomic E-state index is 9.62. The number of hydrogen-bond donors (Lipinski definition) is 2. The quantitative estimate of drug-likeness (QED) is 0.874. The van der Waals surface area contributed by atoms with E-state index in [0.29, 0.717) is 6.54 Å². The molecule has 2 aromatic rings. The van der Waals surface area contributed by atoms with Crippen molar-refractivity contribution in [2.45, 2.75) is 19.4 Å². The SMILES string of the molecule is CC(C)(O)CNc1nc(-c2ccccc2)cs1. The fourth-order valence-corrected chi connectivity index (χ4v) is 2.11. The van der Waals surface area contributed by atoms with Gasteiger partial charge in [-0.2, -0.15) is 0 Å². The number of rotatable bonds is 4. The summed E-state index contributed by atoms with van der Waals surface area (Å²) in [5, 5.41) is 15.6. The lowest BCUT2D eigenvalue weighted by Crippen LogP contribution is -2.29. The van der Waals surface area contributed by atoms with Crippen molar-refractivity contribution in [2.75, 3.05) is 11.9 Å². The fraction of sp³-hybridized carbons (Fsp3) is 0.308. The first-order valence-corrected chi connectivity index (χ1v) is 6.40. The molecular formula is C13H16N2OS. The van der Waals surface area contributed by atoms with Crippen LogP contribution in [0.15, 0.2) is 35.7 Å². The third kappa shape index (κ3) is 3.54. The molecule has 0 saturated carbocycles. The van der Waals surface area contributed by atoms with E-state index in [1.165, 1.54) is 0 Å². The van der Waals surface area contributed by atoms with Gasteiger partial charge >= 0.3 is 0 Å². The molecule has 0 aliphatic rings. The predicted octanol–water partition coefficient (Wildman–Crippen LogP) is 2.99. The monoisotopic (exact) mass is 248 g/mol. The van der Waals surface area contributed by atoms with Gasteiger partial charge in [0.15, 0.2) is 5.13 Å². The standard InChI is InChI=1S/C13H16N2OS/c1-13(2,16)9-14-12-15-11(8-17-12)10-6-4-3-5-7-10/h3-8,16H,9H2,1-2H3,(H,14,15). The summed E-state index contributed by atoms with van der Waals surface area (Å²) in [7, 11) is 0. The number of benzene rings is 1. The molecule has 0 spiro atoms. The molecule has 1 aromatic carbocycles.